The third-order valence-electron chi connectivity index (χ3n) is 3.55. The van der Waals surface area contributed by atoms with Crippen molar-refractivity contribution < 1.29 is 4.74 Å². The van der Waals surface area contributed by atoms with E-state index in [9.17, 15) is 0 Å². The van der Waals surface area contributed by atoms with Crippen LogP contribution in [-0.4, -0.2) is 21.2 Å². The number of pyridine rings is 1. The fourth-order valence-corrected chi connectivity index (χ4v) is 2.41. The third kappa shape index (κ3) is 2.88. The molecule has 0 atom stereocenters. The van der Waals surface area contributed by atoms with Gasteiger partial charge in [-0.25, -0.2) is 0 Å². The lowest BCUT2D eigenvalue weighted by molar-refractivity contribution is 0.308. The van der Waals surface area contributed by atoms with Crippen LogP contribution in [0.4, 0.5) is 5.69 Å². The molecule has 2 aromatic heterocycles. The maximum Gasteiger partial charge on any atom is 0.203 e. The number of ether oxygens (including phenoxy) is 1. The first-order valence-electron chi connectivity index (χ1n) is 7.62. The van der Waals surface area contributed by atoms with Crippen LogP contribution < -0.4 is 10.5 Å². The van der Waals surface area contributed by atoms with Gasteiger partial charge in [-0.1, -0.05) is 31.9 Å². The Bertz CT molecular complexity index is 766. The zero-order valence-electron chi connectivity index (χ0n) is 12.7. The van der Waals surface area contributed by atoms with E-state index in [1.807, 2.05) is 47.0 Å². The highest BCUT2D eigenvalue weighted by Crippen LogP contribution is 2.25. The maximum absolute atomic E-state index is 5.85. The van der Waals surface area contributed by atoms with Gasteiger partial charge in [0.1, 0.15) is 0 Å². The van der Waals surface area contributed by atoms with Gasteiger partial charge in [0.15, 0.2) is 11.6 Å². The summed E-state index contributed by atoms with van der Waals surface area (Å²) in [6.07, 6.45) is 5.34. The van der Waals surface area contributed by atoms with Crippen LogP contribution >= 0.6 is 0 Å². The van der Waals surface area contributed by atoms with E-state index in [1.165, 1.54) is 12.8 Å². The van der Waals surface area contributed by atoms with Crippen LogP contribution in [0, 0.1) is 0 Å². The van der Waals surface area contributed by atoms with Crippen LogP contribution in [0.1, 0.15) is 26.2 Å². The second kappa shape index (κ2) is 6.47. The number of nitrogen functional groups attached to an aromatic ring is 1. The highest BCUT2D eigenvalue weighted by Gasteiger charge is 2.11. The van der Waals surface area contributed by atoms with Gasteiger partial charge >= 0.3 is 0 Å². The van der Waals surface area contributed by atoms with Gasteiger partial charge in [0, 0.05) is 17.4 Å². The van der Waals surface area contributed by atoms with Gasteiger partial charge in [-0.2, -0.15) is 0 Å². The number of benzene rings is 1. The molecule has 0 saturated heterocycles. The first-order valence-corrected chi connectivity index (χ1v) is 7.62. The minimum Gasteiger partial charge on any atom is -0.490 e. The zero-order valence-corrected chi connectivity index (χ0v) is 12.7. The monoisotopic (exact) mass is 296 g/mol. The van der Waals surface area contributed by atoms with E-state index in [0.717, 1.165) is 29.2 Å². The molecule has 0 amide bonds. The van der Waals surface area contributed by atoms with Gasteiger partial charge in [0.05, 0.1) is 6.61 Å². The minimum absolute atomic E-state index is 0.702. The van der Waals surface area contributed by atoms with E-state index >= 15 is 0 Å². The molecule has 0 spiro atoms. The number of unbranched alkanes of at least 4 members (excludes halogenated alkanes) is 2. The second-order valence-corrected chi connectivity index (χ2v) is 5.27. The highest BCUT2D eigenvalue weighted by molar-refractivity contribution is 5.66. The molecule has 2 heterocycles. The van der Waals surface area contributed by atoms with Crippen molar-refractivity contribution in [1.29, 1.82) is 0 Å². The molecule has 5 nitrogen and oxygen atoms in total. The van der Waals surface area contributed by atoms with Crippen LogP contribution in [-0.2, 0) is 0 Å². The molecule has 22 heavy (non-hydrogen) atoms. The zero-order chi connectivity index (χ0) is 15.4. The Labute approximate surface area is 129 Å². The summed E-state index contributed by atoms with van der Waals surface area (Å²) in [5, 5.41) is 8.56. The molecule has 0 saturated carbocycles. The lowest BCUT2D eigenvalue weighted by atomic mass is 10.2. The number of fused-ring (bicyclic) bond motifs is 1. The first-order chi connectivity index (χ1) is 10.8. The Morgan fingerprint density at radius 3 is 2.86 bits per heavy atom. The normalized spacial score (nSPS) is 11.0. The Hall–Kier alpha value is -2.56. The van der Waals surface area contributed by atoms with E-state index in [1.54, 1.807) is 0 Å². The molecule has 0 aliphatic rings. The van der Waals surface area contributed by atoms with Gasteiger partial charge in [-0.05, 0) is 30.7 Å². The van der Waals surface area contributed by atoms with Crippen LogP contribution in [0.5, 0.6) is 5.75 Å². The van der Waals surface area contributed by atoms with Crippen molar-refractivity contribution in [3.63, 3.8) is 0 Å². The van der Waals surface area contributed by atoms with Crippen LogP contribution in [0.25, 0.3) is 17.0 Å². The predicted molar refractivity (Wildman–Crippen MR) is 87.9 cm³/mol. The summed E-state index contributed by atoms with van der Waals surface area (Å²) < 4.78 is 7.78. The van der Waals surface area contributed by atoms with Crippen molar-refractivity contribution in [3.8, 4) is 17.1 Å². The average Bonchev–Trinajstić information content (AvgIpc) is 2.96. The van der Waals surface area contributed by atoms with Gasteiger partial charge in [-0.15, -0.1) is 10.2 Å². The van der Waals surface area contributed by atoms with E-state index in [2.05, 4.69) is 17.1 Å². The Balaban J connectivity index is 1.91. The minimum atomic E-state index is 0.702. The third-order valence-corrected chi connectivity index (χ3v) is 3.55. The quantitative estimate of drug-likeness (QED) is 0.558. The molecule has 0 unspecified atom stereocenters. The van der Waals surface area contributed by atoms with Crippen molar-refractivity contribution in [2.45, 2.75) is 26.2 Å². The van der Waals surface area contributed by atoms with Crippen molar-refractivity contribution in [3.05, 3.63) is 42.6 Å². The Kier molecular flexibility index (Phi) is 4.23. The fourth-order valence-electron chi connectivity index (χ4n) is 2.41. The molecular formula is C17H20N4O. The standard InChI is InChI=1S/C17H20N4O/c1-2-3-4-11-22-15-9-6-10-21-16(19-20-17(15)21)13-7-5-8-14(18)12-13/h5-10,12H,2-4,11,18H2,1H3. The highest BCUT2D eigenvalue weighted by atomic mass is 16.5. The molecule has 3 aromatic rings. The van der Waals surface area contributed by atoms with Gasteiger partial charge in [0.2, 0.25) is 5.65 Å². The summed E-state index contributed by atoms with van der Waals surface area (Å²) in [7, 11) is 0. The van der Waals surface area contributed by atoms with Crippen molar-refractivity contribution >= 4 is 11.3 Å². The molecule has 0 aliphatic heterocycles. The van der Waals surface area contributed by atoms with E-state index in [-0.39, 0.29) is 0 Å². The summed E-state index contributed by atoms with van der Waals surface area (Å²) >= 11 is 0. The molecule has 5 heteroatoms. The first kappa shape index (κ1) is 14.4. The van der Waals surface area contributed by atoms with Crippen molar-refractivity contribution in [1.82, 2.24) is 14.6 Å². The Morgan fingerprint density at radius 2 is 2.05 bits per heavy atom. The molecule has 0 radical (unpaired) electrons. The molecule has 0 fully saturated rings. The Morgan fingerprint density at radius 1 is 1.14 bits per heavy atom. The van der Waals surface area contributed by atoms with Gasteiger partial charge < -0.3 is 10.5 Å². The molecule has 0 bridgehead atoms. The smallest absolute Gasteiger partial charge is 0.203 e. The lowest BCUT2D eigenvalue weighted by Gasteiger charge is -2.07. The number of nitrogens with two attached hydrogens (primary N) is 1. The number of aromatic nitrogens is 3. The number of nitrogens with zero attached hydrogens (tertiary/aromatic N) is 3. The van der Waals surface area contributed by atoms with Crippen LogP contribution in [0.3, 0.4) is 0 Å². The molecule has 114 valence electrons. The summed E-state index contributed by atoms with van der Waals surface area (Å²) in [6.45, 7) is 2.88. The number of rotatable bonds is 6. The molecule has 0 aliphatic carbocycles. The predicted octanol–water partition coefficient (Wildman–Crippen LogP) is 3.55. The summed E-state index contributed by atoms with van der Waals surface area (Å²) in [5.41, 5.74) is 8.23. The van der Waals surface area contributed by atoms with Crippen LogP contribution in [0.2, 0.25) is 0 Å². The van der Waals surface area contributed by atoms with Gasteiger partial charge in [0.25, 0.3) is 0 Å². The lowest BCUT2D eigenvalue weighted by Crippen LogP contribution is -1.99. The molecule has 2 N–H and O–H groups in total. The van der Waals surface area contributed by atoms with E-state index in [0.29, 0.717) is 12.3 Å². The molecular weight excluding hydrogens is 276 g/mol. The topological polar surface area (TPSA) is 65.4 Å². The second-order valence-electron chi connectivity index (χ2n) is 5.27. The van der Waals surface area contributed by atoms with Crippen LogP contribution in [0.15, 0.2) is 42.6 Å². The van der Waals surface area contributed by atoms with E-state index in [4.69, 9.17) is 10.5 Å². The summed E-state index contributed by atoms with van der Waals surface area (Å²) in [5.74, 6) is 1.53. The number of hydrogen-bond donors (Lipinski definition) is 1. The number of anilines is 1. The fraction of sp³-hybridized carbons (Fsp3) is 0.294. The van der Waals surface area contributed by atoms with E-state index < -0.39 is 0 Å². The SMILES string of the molecule is CCCCCOc1cccn2c(-c3cccc(N)c3)nnc12. The summed E-state index contributed by atoms with van der Waals surface area (Å²) in [4.78, 5) is 0. The summed E-state index contributed by atoms with van der Waals surface area (Å²) in [6, 6.07) is 11.5. The van der Waals surface area contributed by atoms with Crippen molar-refractivity contribution in [2.75, 3.05) is 12.3 Å². The maximum atomic E-state index is 5.85. The molecule has 1 aromatic carbocycles. The van der Waals surface area contributed by atoms with Gasteiger partial charge in [-0.3, -0.25) is 4.40 Å². The average molecular weight is 296 g/mol. The van der Waals surface area contributed by atoms with Crippen molar-refractivity contribution in [2.24, 2.45) is 0 Å². The largest absolute Gasteiger partial charge is 0.490 e. The number of hydrogen-bond acceptors (Lipinski definition) is 4. The molecule has 3 rings (SSSR count).